The lowest BCUT2D eigenvalue weighted by molar-refractivity contribution is 0.548. The molecule has 2 aromatic rings. The van der Waals surface area contributed by atoms with E-state index < -0.39 is 26.6 Å². The second kappa shape index (κ2) is 4.89. The number of hydrogen-bond acceptors (Lipinski definition) is 3. The first kappa shape index (κ1) is 13.9. The van der Waals surface area contributed by atoms with Gasteiger partial charge in [-0.3, -0.25) is 9.40 Å². The zero-order chi connectivity index (χ0) is 14.2. The first-order chi connectivity index (χ1) is 8.79. The van der Waals surface area contributed by atoms with Gasteiger partial charge in [-0.1, -0.05) is 0 Å². The molecule has 19 heavy (non-hydrogen) atoms. The molecule has 0 unspecified atom stereocenters. The Morgan fingerprint density at radius 1 is 1.37 bits per heavy atom. The van der Waals surface area contributed by atoms with Crippen molar-refractivity contribution in [2.75, 3.05) is 4.72 Å². The van der Waals surface area contributed by atoms with Crippen molar-refractivity contribution in [2.24, 2.45) is 7.05 Å². The van der Waals surface area contributed by atoms with Crippen LogP contribution in [0.3, 0.4) is 0 Å². The Morgan fingerprint density at radius 3 is 2.58 bits per heavy atom. The van der Waals surface area contributed by atoms with E-state index in [4.69, 9.17) is 0 Å². The third kappa shape index (κ3) is 2.92. The molecule has 0 amide bonds. The highest BCUT2D eigenvalue weighted by atomic mass is 79.9. The average molecular weight is 352 g/mol. The zero-order valence-electron chi connectivity index (χ0n) is 9.56. The van der Waals surface area contributed by atoms with Crippen LogP contribution in [0.1, 0.15) is 0 Å². The van der Waals surface area contributed by atoms with E-state index in [1.165, 1.54) is 17.1 Å². The molecular weight excluding hydrogens is 344 g/mol. The topological polar surface area (TPSA) is 64.0 Å². The average Bonchev–Trinajstić information content (AvgIpc) is 2.60. The molecule has 0 fully saturated rings. The van der Waals surface area contributed by atoms with Crippen LogP contribution in [0.5, 0.6) is 0 Å². The molecule has 1 aromatic heterocycles. The van der Waals surface area contributed by atoms with Gasteiger partial charge in [0.1, 0.15) is 16.5 Å². The summed E-state index contributed by atoms with van der Waals surface area (Å²) in [6.07, 6.45) is 2.68. The number of aryl methyl sites for hydroxylation is 1. The number of benzene rings is 1. The minimum absolute atomic E-state index is 0.179. The summed E-state index contributed by atoms with van der Waals surface area (Å²) in [5.41, 5.74) is 0.179. The molecule has 1 N–H and O–H groups in total. The van der Waals surface area contributed by atoms with E-state index in [-0.39, 0.29) is 10.2 Å². The molecule has 5 nitrogen and oxygen atoms in total. The van der Waals surface area contributed by atoms with E-state index >= 15 is 0 Å². The number of nitrogens with one attached hydrogen (secondary N) is 1. The third-order valence-electron chi connectivity index (χ3n) is 2.19. The van der Waals surface area contributed by atoms with Crippen LogP contribution in [-0.4, -0.2) is 18.2 Å². The highest BCUT2D eigenvalue weighted by molar-refractivity contribution is 9.10. The smallest absolute Gasteiger partial charge is 0.266 e. The molecule has 0 radical (unpaired) electrons. The Morgan fingerprint density at radius 2 is 2.05 bits per heavy atom. The lowest BCUT2D eigenvalue weighted by atomic mass is 10.3. The number of hydrogen-bond donors (Lipinski definition) is 1. The quantitative estimate of drug-likeness (QED) is 0.922. The SMILES string of the molecule is Cn1cc(NS(=O)(=O)c2c(F)cc(F)cc2Br)cn1. The molecule has 0 aliphatic heterocycles. The van der Waals surface area contributed by atoms with E-state index in [9.17, 15) is 17.2 Å². The molecule has 9 heteroatoms. The van der Waals surface area contributed by atoms with Crippen LogP contribution >= 0.6 is 15.9 Å². The fourth-order valence-electron chi connectivity index (χ4n) is 1.47. The molecule has 0 atom stereocenters. The van der Waals surface area contributed by atoms with Crippen molar-refractivity contribution < 1.29 is 17.2 Å². The molecule has 0 aliphatic carbocycles. The number of rotatable bonds is 3. The van der Waals surface area contributed by atoms with E-state index in [0.717, 1.165) is 6.07 Å². The fourth-order valence-corrected chi connectivity index (χ4v) is 3.66. The van der Waals surface area contributed by atoms with Crippen molar-refractivity contribution in [3.05, 3.63) is 40.6 Å². The van der Waals surface area contributed by atoms with Gasteiger partial charge in [-0.05, 0) is 22.0 Å². The molecule has 1 heterocycles. The summed E-state index contributed by atoms with van der Waals surface area (Å²) >= 11 is 2.83. The van der Waals surface area contributed by atoms with Gasteiger partial charge >= 0.3 is 0 Å². The summed E-state index contributed by atoms with van der Waals surface area (Å²) in [6, 6.07) is 1.38. The number of sulfonamides is 1. The molecule has 0 bridgehead atoms. The monoisotopic (exact) mass is 351 g/mol. The first-order valence-electron chi connectivity index (χ1n) is 4.95. The van der Waals surface area contributed by atoms with Gasteiger partial charge in [0.05, 0.1) is 11.9 Å². The minimum Gasteiger partial charge on any atom is -0.276 e. The van der Waals surface area contributed by atoms with Crippen molar-refractivity contribution in [3.8, 4) is 0 Å². The van der Waals surface area contributed by atoms with Crippen LogP contribution in [0.25, 0.3) is 0 Å². The van der Waals surface area contributed by atoms with Crippen molar-refractivity contribution in [2.45, 2.75) is 4.90 Å². The number of nitrogens with zero attached hydrogens (tertiary/aromatic N) is 2. The van der Waals surface area contributed by atoms with Crippen LogP contribution in [0, 0.1) is 11.6 Å². The summed E-state index contributed by atoms with van der Waals surface area (Å²) in [5.74, 6) is -2.05. The lowest BCUT2D eigenvalue weighted by Gasteiger charge is -2.09. The largest absolute Gasteiger partial charge is 0.276 e. The van der Waals surface area contributed by atoms with Crippen molar-refractivity contribution in [3.63, 3.8) is 0 Å². The normalized spacial score (nSPS) is 11.6. The van der Waals surface area contributed by atoms with Gasteiger partial charge in [0.2, 0.25) is 0 Å². The van der Waals surface area contributed by atoms with Gasteiger partial charge in [0.25, 0.3) is 10.0 Å². The van der Waals surface area contributed by atoms with Gasteiger partial charge in [0.15, 0.2) is 0 Å². The second-order valence-corrected chi connectivity index (χ2v) is 6.18. The van der Waals surface area contributed by atoms with Crippen LogP contribution < -0.4 is 4.72 Å². The van der Waals surface area contributed by atoms with Gasteiger partial charge in [-0.2, -0.15) is 5.10 Å². The maximum absolute atomic E-state index is 13.6. The third-order valence-corrected chi connectivity index (χ3v) is 4.53. The van der Waals surface area contributed by atoms with Gasteiger partial charge in [0, 0.05) is 23.8 Å². The Bertz CT molecular complexity index is 707. The van der Waals surface area contributed by atoms with Crippen molar-refractivity contribution in [1.82, 2.24) is 9.78 Å². The van der Waals surface area contributed by atoms with Crippen LogP contribution in [0.4, 0.5) is 14.5 Å². The standard InChI is InChI=1S/C10H8BrF2N3O2S/c1-16-5-7(4-14-16)15-19(17,18)10-8(11)2-6(12)3-9(10)13/h2-5,15H,1H3. The highest BCUT2D eigenvalue weighted by Gasteiger charge is 2.24. The predicted octanol–water partition coefficient (Wildman–Crippen LogP) is 2.26. The van der Waals surface area contributed by atoms with Crippen LogP contribution in [-0.2, 0) is 17.1 Å². The molecule has 102 valence electrons. The Balaban J connectivity index is 2.45. The Hall–Kier alpha value is -1.48. The van der Waals surface area contributed by atoms with E-state index in [0.29, 0.717) is 6.07 Å². The number of anilines is 1. The highest BCUT2D eigenvalue weighted by Crippen LogP contribution is 2.27. The van der Waals surface area contributed by atoms with Crippen LogP contribution in [0.2, 0.25) is 0 Å². The summed E-state index contributed by atoms with van der Waals surface area (Å²) in [7, 11) is -2.57. The van der Waals surface area contributed by atoms with Gasteiger partial charge < -0.3 is 0 Å². The van der Waals surface area contributed by atoms with Crippen molar-refractivity contribution in [1.29, 1.82) is 0 Å². The molecule has 1 aromatic carbocycles. The first-order valence-corrected chi connectivity index (χ1v) is 7.23. The van der Waals surface area contributed by atoms with Gasteiger partial charge in [-0.25, -0.2) is 17.2 Å². The van der Waals surface area contributed by atoms with E-state index in [1.54, 1.807) is 7.05 Å². The summed E-state index contributed by atoms with van der Waals surface area (Å²) in [4.78, 5) is -0.655. The number of halogens is 3. The molecule has 2 rings (SSSR count). The maximum Gasteiger partial charge on any atom is 0.266 e. The lowest BCUT2D eigenvalue weighted by Crippen LogP contribution is -2.15. The van der Waals surface area contributed by atoms with E-state index in [1.807, 2.05) is 0 Å². The zero-order valence-corrected chi connectivity index (χ0v) is 12.0. The van der Waals surface area contributed by atoms with E-state index in [2.05, 4.69) is 25.8 Å². The molecular formula is C10H8BrF2N3O2S. The molecule has 0 saturated carbocycles. The Labute approximate surface area is 116 Å². The minimum atomic E-state index is -4.17. The molecule has 0 spiro atoms. The predicted molar refractivity (Wildman–Crippen MR) is 68.1 cm³/mol. The van der Waals surface area contributed by atoms with Gasteiger partial charge in [-0.15, -0.1) is 0 Å². The summed E-state index contributed by atoms with van der Waals surface area (Å²) in [5, 5.41) is 3.78. The number of aromatic nitrogens is 2. The fraction of sp³-hybridized carbons (Fsp3) is 0.100. The second-order valence-electron chi connectivity index (χ2n) is 3.71. The molecule has 0 saturated heterocycles. The maximum atomic E-state index is 13.6. The molecule has 0 aliphatic rings. The summed E-state index contributed by atoms with van der Waals surface area (Å²) < 4.78 is 53.9. The van der Waals surface area contributed by atoms with Crippen molar-refractivity contribution >= 4 is 31.6 Å². The van der Waals surface area contributed by atoms with Crippen LogP contribution in [0.15, 0.2) is 33.9 Å². The summed E-state index contributed by atoms with van der Waals surface area (Å²) in [6.45, 7) is 0. The Kier molecular flexibility index (Phi) is 3.59.